The first-order chi connectivity index (χ1) is 20.2. The molecule has 12 nitrogen and oxygen atoms in total. The SMILES string of the molecule is COCc1cc(C(C)(C)c2cc(COC)c(OCCNS(C)(=O)=O)c(COC)c2)cc(COC)c1OCCNS(C)(=O)=O. The molecule has 14 heteroatoms. The van der Waals surface area contributed by atoms with Crippen molar-refractivity contribution in [2.75, 3.05) is 67.3 Å². The molecule has 0 bridgehead atoms. The molecular weight excluding hydrogens is 600 g/mol. The second-order valence-electron chi connectivity index (χ2n) is 10.6. The Morgan fingerprint density at radius 2 is 0.860 bits per heavy atom. The summed E-state index contributed by atoms with van der Waals surface area (Å²) in [6.45, 7) is 5.79. The maximum Gasteiger partial charge on any atom is 0.208 e. The van der Waals surface area contributed by atoms with Crippen molar-refractivity contribution in [1.82, 2.24) is 9.44 Å². The monoisotopic (exact) mass is 646 g/mol. The van der Waals surface area contributed by atoms with E-state index in [4.69, 9.17) is 28.4 Å². The van der Waals surface area contributed by atoms with Crippen LogP contribution in [0.3, 0.4) is 0 Å². The summed E-state index contributed by atoms with van der Waals surface area (Å²) in [6, 6.07) is 8.09. The van der Waals surface area contributed by atoms with Crippen LogP contribution in [-0.2, 0) is 70.8 Å². The number of ether oxygens (including phenoxy) is 6. The quantitative estimate of drug-likeness (QED) is 0.206. The van der Waals surface area contributed by atoms with Crippen molar-refractivity contribution in [1.29, 1.82) is 0 Å². The maximum absolute atomic E-state index is 11.5. The molecular formula is C29H46N2O10S2. The van der Waals surface area contributed by atoms with Crippen LogP contribution in [0.1, 0.15) is 47.2 Å². The number of hydrogen-bond donors (Lipinski definition) is 2. The van der Waals surface area contributed by atoms with Crippen LogP contribution in [-0.4, -0.2) is 84.1 Å². The second-order valence-corrected chi connectivity index (χ2v) is 14.3. The van der Waals surface area contributed by atoms with Crippen molar-refractivity contribution >= 4 is 20.0 Å². The largest absolute Gasteiger partial charge is 0.491 e. The second kappa shape index (κ2) is 16.7. The number of benzene rings is 2. The van der Waals surface area contributed by atoms with E-state index in [-0.39, 0.29) is 52.7 Å². The van der Waals surface area contributed by atoms with E-state index in [0.717, 1.165) is 45.9 Å². The molecule has 244 valence electrons. The summed E-state index contributed by atoms with van der Waals surface area (Å²) in [5, 5.41) is 0. The molecule has 2 N–H and O–H groups in total. The van der Waals surface area contributed by atoms with Gasteiger partial charge in [-0.15, -0.1) is 0 Å². The van der Waals surface area contributed by atoms with Gasteiger partial charge in [0.15, 0.2) is 0 Å². The maximum atomic E-state index is 11.5. The third-order valence-electron chi connectivity index (χ3n) is 6.55. The van der Waals surface area contributed by atoms with Crippen LogP contribution in [0.25, 0.3) is 0 Å². The lowest BCUT2D eigenvalue weighted by atomic mass is 9.76. The Morgan fingerprint density at radius 1 is 0.581 bits per heavy atom. The number of methoxy groups -OCH3 is 4. The van der Waals surface area contributed by atoms with E-state index in [9.17, 15) is 16.8 Å². The summed E-state index contributed by atoms with van der Waals surface area (Å²) in [5.41, 5.74) is 4.62. The molecule has 2 aromatic carbocycles. The summed E-state index contributed by atoms with van der Waals surface area (Å²) in [5.74, 6) is 1.18. The molecule has 0 unspecified atom stereocenters. The van der Waals surface area contributed by atoms with Crippen molar-refractivity contribution in [2.45, 2.75) is 45.7 Å². The van der Waals surface area contributed by atoms with Crippen molar-refractivity contribution in [3.63, 3.8) is 0 Å². The molecule has 0 aliphatic carbocycles. The first-order valence-electron chi connectivity index (χ1n) is 13.6. The summed E-state index contributed by atoms with van der Waals surface area (Å²) < 4.78 is 84.8. The van der Waals surface area contributed by atoms with E-state index in [1.807, 2.05) is 24.3 Å². The Morgan fingerprint density at radius 3 is 1.09 bits per heavy atom. The van der Waals surface area contributed by atoms with E-state index in [1.165, 1.54) is 0 Å². The molecule has 0 aliphatic rings. The predicted octanol–water partition coefficient (Wildman–Crippen LogP) is 2.45. The van der Waals surface area contributed by atoms with Gasteiger partial charge >= 0.3 is 0 Å². The van der Waals surface area contributed by atoms with E-state index < -0.39 is 25.5 Å². The number of hydrogen-bond acceptors (Lipinski definition) is 10. The average Bonchev–Trinajstić information content (AvgIpc) is 2.90. The standard InChI is InChI=1S/C29H46N2O10S2/c1-29(2,25-13-21(17-36-3)27(22(14-25)18-37-4)40-11-9-30-42(7,32)33)26-15-23(19-38-5)28(24(16-26)20-39-6)41-12-10-31-43(8,34)35/h13-16,30-31H,9-12,17-20H2,1-8H3. The zero-order valence-corrected chi connectivity index (χ0v) is 28.0. The van der Waals surface area contributed by atoms with Crippen LogP contribution in [0.2, 0.25) is 0 Å². The highest BCUT2D eigenvalue weighted by atomic mass is 32.2. The Hall–Kier alpha value is -2.30. The van der Waals surface area contributed by atoms with E-state index in [0.29, 0.717) is 11.5 Å². The number of sulfonamides is 2. The lowest BCUT2D eigenvalue weighted by Gasteiger charge is -2.30. The first kappa shape index (κ1) is 36.9. The number of rotatable bonds is 20. The Kier molecular flexibility index (Phi) is 14.3. The minimum Gasteiger partial charge on any atom is -0.491 e. The zero-order valence-electron chi connectivity index (χ0n) is 26.4. The summed E-state index contributed by atoms with van der Waals surface area (Å²) in [6.07, 6.45) is 2.20. The smallest absolute Gasteiger partial charge is 0.208 e. The van der Waals surface area contributed by atoms with Gasteiger partial charge in [-0.1, -0.05) is 13.8 Å². The molecule has 0 aromatic heterocycles. The fraction of sp³-hybridized carbons (Fsp3) is 0.586. The van der Waals surface area contributed by atoms with Gasteiger partial charge in [0.25, 0.3) is 0 Å². The Bertz CT molecular complexity index is 1250. The normalized spacial score (nSPS) is 12.5. The fourth-order valence-electron chi connectivity index (χ4n) is 4.58. The molecule has 2 aromatic rings. The first-order valence-corrected chi connectivity index (χ1v) is 17.4. The molecule has 2 rings (SSSR count). The van der Waals surface area contributed by atoms with Gasteiger partial charge in [-0.3, -0.25) is 0 Å². The summed E-state index contributed by atoms with van der Waals surface area (Å²) in [4.78, 5) is 0. The molecule has 0 heterocycles. The third kappa shape index (κ3) is 11.6. The topological polar surface area (TPSA) is 148 Å². The number of nitrogens with one attached hydrogen (secondary N) is 2. The highest BCUT2D eigenvalue weighted by Gasteiger charge is 2.28. The van der Waals surface area contributed by atoms with Crippen molar-refractivity contribution in [3.05, 3.63) is 57.6 Å². The predicted molar refractivity (Wildman–Crippen MR) is 165 cm³/mol. The van der Waals surface area contributed by atoms with Gasteiger partial charge in [0.05, 0.1) is 38.9 Å². The van der Waals surface area contributed by atoms with Crippen LogP contribution in [0, 0.1) is 0 Å². The van der Waals surface area contributed by atoms with Crippen molar-refractivity contribution in [3.8, 4) is 11.5 Å². The van der Waals surface area contributed by atoms with Crippen LogP contribution in [0.5, 0.6) is 11.5 Å². The summed E-state index contributed by atoms with van der Waals surface area (Å²) >= 11 is 0. The minimum atomic E-state index is -3.34. The molecule has 43 heavy (non-hydrogen) atoms. The Labute approximate surface area is 256 Å². The van der Waals surface area contributed by atoms with Gasteiger partial charge < -0.3 is 28.4 Å². The van der Waals surface area contributed by atoms with Crippen LogP contribution < -0.4 is 18.9 Å². The van der Waals surface area contributed by atoms with E-state index in [1.54, 1.807) is 28.4 Å². The molecule has 0 fully saturated rings. The molecule has 0 aliphatic heterocycles. The molecule has 0 saturated heterocycles. The van der Waals surface area contributed by atoms with Crippen molar-refractivity contribution in [2.24, 2.45) is 0 Å². The van der Waals surface area contributed by atoms with Crippen molar-refractivity contribution < 1.29 is 45.3 Å². The van der Waals surface area contributed by atoms with Gasteiger partial charge in [-0.2, -0.15) is 0 Å². The molecule has 0 spiro atoms. The van der Waals surface area contributed by atoms with Gasteiger partial charge in [-0.05, 0) is 35.4 Å². The lowest BCUT2D eigenvalue weighted by molar-refractivity contribution is 0.170. The van der Waals surface area contributed by atoms with Crippen LogP contribution in [0.15, 0.2) is 24.3 Å². The Balaban J connectivity index is 2.56. The zero-order chi connectivity index (χ0) is 32.3. The van der Waals surface area contributed by atoms with Crippen LogP contribution in [0.4, 0.5) is 0 Å². The van der Waals surface area contributed by atoms with Gasteiger partial charge in [0.2, 0.25) is 20.0 Å². The van der Waals surface area contributed by atoms with Gasteiger partial charge in [0, 0.05) is 69.2 Å². The highest BCUT2D eigenvalue weighted by Crippen LogP contribution is 2.40. The lowest BCUT2D eigenvalue weighted by Crippen LogP contribution is -2.27. The molecule has 0 radical (unpaired) electrons. The average molecular weight is 647 g/mol. The molecule has 0 atom stereocenters. The fourth-order valence-corrected chi connectivity index (χ4v) is 5.49. The van der Waals surface area contributed by atoms with E-state index >= 15 is 0 Å². The van der Waals surface area contributed by atoms with Crippen LogP contribution >= 0.6 is 0 Å². The van der Waals surface area contributed by atoms with Gasteiger partial charge in [0.1, 0.15) is 24.7 Å². The van der Waals surface area contributed by atoms with Gasteiger partial charge in [-0.25, -0.2) is 26.3 Å². The summed E-state index contributed by atoms with van der Waals surface area (Å²) in [7, 11) is -0.289. The van der Waals surface area contributed by atoms with E-state index in [2.05, 4.69) is 23.3 Å². The highest BCUT2D eigenvalue weighted by molar-refractivity contribution is 7.89. The minimum absolute atomic E-state index is 0.119. The third-order valence-corrected chi connectivity index (χ3v) is 8.01. The molecule has 0 saturated carbocycles. The molecule has 0 amide bonds.